The van der Waals surface area contributed by atoms with Gasteiger partial charge in [0.1, 0.15) is 0 Å². The van der Waals surface area contributed by atoms with Gasteiger partial charge < -0.3 is 5.32 Å². The van der Waals surface area contributed by atoms with Crippen LogP contribution in [0.15, 0.2) is 53.4 Å². The summed E-state index contributed by atoms with van der Waals surface area (Å²) in [5, 5.41) is 3.80. The second-order valence-electron chi connectivity index (χ2n) is 7.54. The van der Waals surface area contributed by atoms with Crippen molar-refractivity contribution >= 4 is 27.5 Å². The molecule has 0 radical (unpaired) electrons. The molecule has 4 rings (SSSR count). The van der Waals surface area contributed by atoms with Crippen LogP contribution in [0.25, 0.3) is 0 Å². The molecule has 148 valence electrons. The third-order valence-corrected chi connectivity index (χ3v) is 7.90. The van der Waals surface area contributed by atoms with Gasteiger partial charge >= 0.3 is 0 Å². The lowest BCUT2D eigenvalue weighted by Crippen LogP contribution is -2.50. The maximum absolute atomic E-state index is 12.9. The largest absolute Gasteiger partial charge is 0.343 e. The van der Waals surface area contributed by atoms with Crippen LogP contribution in [0.5, 0.6) is 0 Å². The van der Waals surface area contributed by atoms with Crippen molar-refractivity contribution in [1.82, 2.24) is 9.62 Å². The minimum atomic E-state index is -3.55. The molecule has 2 fully saturated rings. The van der Waals surface area contributed by atoms with E-state index in [4.69, 9.17) is 11.6 Å². The topological polar surface area (TPSA) is 66.5 Å². The maximum Gasteiger partial charge on any atom is 0.252 e. The number of hydrogen-bond acceptors (Lipinski definition) is 3. The fourth-order valence-electron chi connectivity index (χ4n) is 3.95. The van der Waals surface area contributed by atoms with E-state index in [2.05, 4.69) is 5.32 Å². The minimum Gasteiger partial charge on any atom is -0.343 e. The van der Waals surface area contributed by atoms with Crippen LogP contribution in [-0.2, 0) is 15.6 Å². The first-order valence-corrected chi connectivity index (χ1v) is 11.4. The molecule has 1 saturated carbocycles. The lowest BCUT2D eigenvalue weighted by atomic mass is 9.71. The number of carbonyl (C=O) groups excluding carboxylic acids is 1. The number of benzene rings is 2. The van der Waals surface area contributed by atoms with Crippen LogP contribution in [0.4, 0.5) is 0 Å². The van der Waals surface area contributed by atoms with E-state index in [0.29, 0.717) is 23.7 Å². The summed E-state index contributed by atoms with van der Waals surface area (Å²) >= 11 is 5.99. The number of rotatable bonds is 5. The molecule has 28 heavy (non-hydrogen) atoms. The van der Waals surface area contributed by atoms with Crippen LogP contribution < -0.4 is 5.32 Å². The summed E-state index contributed by atoms with van der Waals surface area (Å²) in [6, 6.07) is 13.9. The number of sulfonamides is 1. The normalized spacial score (nSPS) is 19.2. The Balaban J connectivity index is 1.57. The van der Waals surface area contributed by atoms with E-state index in [9.17, 15) is 13.2 Å². The first-order valence-electron chi connectivity index (χ1n) is 9.60. The number of halogens is 1. The Hall–Kier alpha value is -1.89. The van der Waals surface area contributed by atoms with Crippen LogP contribution in [0.2, 0.25) is 5.02 Å². The van der Waals surface area contributed by atoms with E-state index in [1.165, 1.54) is 10.4 Å². The summed E-state index contributed by atoms with van der Waals surface area (Å²) in [7, 11) is -3.55. The highest BCUT2D eigenvalue weighted by Crippen LogP contribution is 2.41. The molecular formula is C21H23ClN2O3S. The van der Waals surface area contributed by atoms with Crippen molar-refractivity contribution in [3.63, 3.8) is 0 Å². The van der Waals surface area contributed by atoms with Gasteiger partial charge in [-0.1, -0.05) is 29.8 Å². The molecule has 2 aromatic carbocycles. The van der Waals surface area contributed by atoms with Gasteiger partial charge in [-0.05, 0) is 68.0 Å². The molecular weight excluding hydrogens is 396 g/mol. The lowest BCUT2D eigenvalue weighted by Gasteiger charge is -2.43. The number of amides is 1. The Morgan fingerprint density at radius 3 is 2.29 bits per heavy atom. The molecule has 1 saturated heterocycles. The van der Waals surface area contributed by atoms with Gasteiger partial charge in [-0.3, -0.25) is 4.79 Å². The van der Waals surface area contributed by atoms with Gasteiger partial charge in [-0.25, -0.2) is 8.42 Å². The molecule has 2 aromatic rings. The quantitative estimate of drug-likeness (QED) is 0.799. The average molecular weight is 419 g/mol. The van der Waals surface area contributed by atoms with E-state index in [-0.39, 0.29) is 10.8 Å². The van der Waals surface area contributed by atoms with Crippen molar-refractivity contribution in [1.29, 1.82) is 0 Å². The third-order valence-electron chi connectivity index (χ3n) is 5.76. The third kappa shape index (κ3) is 3.56. The second-order valence-corrected chi connectivity index (χ2v) is 9.91. The summed E-state index contributed by atoms with van der Waals surface area (Å²) in [6.45, 7) is 1.08. The van der Waals surface area contributed by atoms with Crippen molar-refractivity contribution in [3.05, 3.63) is 64.7 Å². The van der Waals surface area contributed by atoms with Crippen LogP contribution in [0.3, 0.4) is 0 Å². The predicted molar refractivity (Wildman–Crippen MR) is 109 cm³/mol. The summed E-state index contributed by atoms with van der Waals surface area (Å²) < 4.78 is 27.1. The van der Waals surface area contributed by atoms with Gasteiger partial charge in [0, 0.05) is 23.7 Å². The first-order chi connectivity index (χ1) is 13.4. The molecule has 1 heterocycles. The smallest absolute Gasteiger partial charge is 0.252 e. The zero-order valence-electron chi connectivity index (χ0n) is 15.5. The van der Waals surface area contributed by atoms with E-state index >= 15 is 0 Å². The molecule has 1 N–H and O–H groups in total. The second kappa shape index (κ2) is 7.50. The minimum absolute atomic E-state index is 0.177. The number of hydrogen-bond donors (Lipinski definition) is 1. The number of nitrogens with zero attached hydrogens (tertiary/aromatic N) is 1. The molecule has 0 atom stereocenters. The average Bonchev–Trinajstić information content (AvgIpc) is 3.21. The molecule has 5 nitrogen and oxygen atoms in total. The highest BCUT2D eigenvalue weighted by molar-refractivity contribution is 7.89. The van der Waals surface area contributed by atoms with Gasteiger partial charge in [-0.2, -0.15) is 4.31 Å². The standard InChI is InChI=1S/C21H23ClN2O3S/c22-18-9-7-17(8-10-18)21(11-4-12-21)23-20(25)16-5-3-6-19(15-16)28(26,27)24-13-1-2-14-24/h3,5-10,15H,1-2,4,11-14H2,(H,23,25). The molecule has 1 aliphatic carbocycles. The van der Waals surface area contributed by atoms with Crippen LogP contribution in [0, 0.1) is 0 Å². The summed E-state index contributed by atoms with van der Waals surface area (Å²) in [6.07, 6.45) is 4.50. The molecule has 2 aliphatic rings. The van der Waals surface area contributed by atoms with Crippen LogP contribution in [0.1, 0.15) is 48.0 Å². The Bertz CT molecular complexity index is 979. The maximum atomic E-state index is 12.9. The highest BCUT2D eigenvalue weighted by atomic mass is 35.5. The number of carbonyl (C=O) groups is 1. The van der Waals surface area contributed by atoms with E-state index in [1.54, 1.807) is 18.2 Å². The Morgan fingerprint density at radius 2 is 1.68 bits per heavy atom. The van der Waals surface area contributed by atoms with E-state index in [0.717, 1.165) is 37.7 Å². The summed E-state index contributed by atoms with van der Waals surface area (Å²) in [5.74, 6) is -0.256. The van der Waals surface area contributed by atoms with Crippen molar-refractivity contribution in [2.75, 3.05) is 13.1 Å². The SMILES string of the molecule is O=C(NC1(c2ccc(Cl)cc2)CCC1)c1cccc(S(=O)(=O)N2CCCC2)c1. The van der Waals surface area contributed by atoms with Gasteiger partial charge in [0.05, 0.1) is 10.4 Å². The van der Waals surface area contributed by atoms with Crippen LogP contribution >= 0.6 is 11.6 Å². The zero-order valence-corrected chi connectivity index (χ0v) is 17.1. The molecule has 1 amide bonds. The monoisotopic (exact) mass is 418 g/mol. The summed E-state index contributed by atoms with van der Waals surface area (Å²) in [5.41, 5.74) is 0.976. The van der Waals surface area contributed by atoms with Gasteiger partial charge in [0.15, 0.2) is 0 Å². The zero-order chi connectivity index (χ0) is 19.8. The van der Waals surface area contributed by atoms with Crippen molar-refractivity contribution < 1.29 is 13.2 Å². The fraction of sp³-hybridized carbons (Fsp3) is 0.381. The van der Waals surface area contributed by atoms with Crippen LogP contribution in [-0.4, -0.2) is 31.7 Å². The van der Waals surface area contributed by atoms with Crippen molar-refractivity contribution in [2.24, 2.45) is 0 Å². The first kappa shape index (κ1) is 19.4. The van der Waals surface area contributed by atoms with Gasteiger partial charge in [0.2, 0.25) is 10.0 Å². The lowest BCUT2D eigenvalue weighted by molar-refractivity contribution is 0.0823. The molecule has 7 heteroatoms. The van der Waals surface area contributed by atoms with Gasteiger partial charge in [0.25, 0.3) is 5.91 Å². The highest BCUT2D eigenvalue weighted by Gasteiger charge is 2.40. The van der Waals surface area contributed by atoms with Crippen molar-refractivity contribution in [2.45, 2.75) is 42.5 Å². The molecule has 0 spiro atoms. The predicted octanol–water partition coefficient (Wildman–Crippen LogP) is 3.93. The van der Waals surface area contributed by atoms with E-state index < -0.39 is 15.6 Å². The Morgan fingerprint density at radius 1 is 1.00 bits per heavy atom. The number of nitrogens with one attached hydrogen (secondary N) is 1. The Kier molecular flexibility index (Phi) is 5.21. The molecule has 0 unspecified atom stereocenters. The van der Waals surface area contributed by atoms with Crippen molar-refractivity contribution in [3.8, 4) is 0 Å². The van der Waals surface area contributed by atoms with E-state index in [1.807, 2.05) is 24.3 Å². The molecule has 0 aromatic heterocycles. The fourth-order valence-corrected chi connectivity index (χ4v) is 5.64. The summed E-state index contributed by atoms with van der Waals surface area (Å²) in [4.78, 5) is 13.1. The molecule has 1 aliphatic heterocycles. The van der Waals surface area contributed by atoms with Gasteiger partial charge in [-0.15, -0.1) is 0 Å². The molecule has 0 bridgehead atoms. The Labute approximate surface area is 170 Å².